The van der Waals surface area contributed by atoms with Crippen molar-refractivity contribution in [1.82, 2.24) is 20.2 Å². The van der Waals surface area contributed by atoms with Gasteiger partial charge in [-0.25, -0.2) is 0 Å². The fraction of sp³-hybridized carbons (Fsp3) is 0.615. The molecule has 2 heterocycles. The number of H-pyrrole nitrogens is 1. The predicted octanol–water partition coefficient (Wildman–Crippen LogP) is 2.27. The summed E-state index contributed by atoms with van der Waals surface area (Å²) in [7, 11) is 2.06. The SMILES string of the molecule is CCNc1nc(N(C)CCC(C)C)c2cn[nH]c2n1. The molecule has 0 aliphatic carbocycles. The quantitative estimate of drug-likeness (QED) is 0.835. The number of hydrogen-bond donors (Lipinski definition) is 2. The summed E-state index contributed by atoms with van der Waals surface area (Å²) in [6.45, 7) is 8.26. The molecule has 2 aromatic heterocycles. The highest BCUT2D eigenvalue weighted by Crippen LogP contribution is 2.23. The summed E-state index contributed by atoms with van der Waals surface area (Å²) >= 11 is 0. The fourth-order valence-corrected chi connectivity index (χ4v) is 1.91. The van der Waals surface area contributed by atoms with Crippen LogP contribution in [0, 0.1) is 5.92 Å². The molecule has 2 N–H and O–H groups in total. The molecule has 0 amide bonds. The molecule has 0 spiro atoms. The van der Waals surface area contributed by atoms with Gasteiger partial charge in [0.15, 0.2) is 5.65 Å². The summed E-state index contributed by atoms with van der Waals surface area (Å²) < 4.78 is 0. The van der Waals surface area contributed by atoms with E-state index in [-0.39, 0.29) is 0 Å². The Labute approximate surface area is 113 Å². The van der Waals surface area contributed by atoms with Crippen LogP contribution in [0.2, 0.25) is 0 Å². The molecule has 0 aliphatic rings. The maximum atomic E-state index is 4.58. The van der Waals surface area contributed by atoms with Crippen LogP contribution in [-0.2, 0) is 0 Å². The van der Waals surface area contributed by atoms with Crippen LogP contribution in [0.25, 0.3) is 11.0 Å². The Balaban J connectivity index is 2.31. The summed E-state index contributed by atoms with van der Waals surface area (Å²) in [4.78, 5) is 11.1. The van der Waals surface area contributed by atoms with Crippen LogP contribution in [0.4, 0.5) is 11.8 Å². The molecule has 2 aromatic rings. The smallest absolute Gasteiger partial charge is 0.226 e. The largest absolute Gasteiger partial charge is 0.359 e. The molecule has 6 heteroatoms. The number of anilines is 2. The maximum absolute atomic E-state index is 4.58. The van der Waals surface area contributed by atoms with Gasteiger partial charge < -0.3 is 10.2 Å². The second-order valence-corrected chi connectivity index (χ2v) is 5.14. The van der Waals surface area contributed by atoms with E-state index in [0.29, 0.717) is 11.9 Å². The van der Waals surface area contributed by atoms with Crippen molar-refractivity contribution < 1.29 is 0 Å². The van der Waals surface area contributed by atoms with E-state index < -0.39 is 0 Å². The lowest BCUT2D eigenvalue weighted by Gasteiger charge is -2.20. The molecule has 0 bridgehead atoms. The lowest BCUT2D eigenvalue weighted by Crippen LogP contribution is -2.22. The van der Waals surface area contributed by atoms with E-state index >= 15 is 0 Å². The van der Waals surface area contributed by atoms with Crippen molar-refractivity contribution in [2.75, 3.05) is 30.4 Å². The molecule has 0 aromatic carbocycles. The Morgan fingerprint density at radius 2 is 2.16 bits per heavy atom. The van der Waals surface area contributed by atoms with Gasteiger partial charge in [0.25, 0.3) is 0 Å². The van der Waals surface area contributed by atoms with Gasteiger partial charge in [0.2, 0.25) is 5.95 Å². The van der Waals surface area contributed by atoms with Gasteiger partial charge >= 0.3 is 0 Å². The molecule has 6 nitrogen and oxygen atoms in total. The van der Waals surface area contributed by atoms with Gasteiger partial charge in [0.05, 0.1) is 11.6 Å². The Bertz CT molecular complexity index is 533. The van der Waals surface area contributed by atoms with E-state index in [4.69, 9.17) is 0 Å². The van der Waals surface area contributed by atoms with E-state index in [0.717, 1.165) is 36.4 Å². The Morgan fingerprint density at radius 1 is 1.37 bits per heavy atom. The van der Waals surface area contributed by atoms with Crippen LogP contribution >= 0.6 is 0 Å². The molecule has 2 rings (SSSR count). The number of aromatic amines is 1. The number of hydrogen-bond acceptors (Lipinski definition) is 5. The van der Waals surface area contributed by atoms with Crippen LogP contribution in [0.3, 0.4) is 0 Å². The van der Waals surface area contributed by atoms with Gasteiger partial charge in [0, 0.05) is 20.1 Å². The van der Waals surface area contributed by atoms with Crippen molar-refractivity contribution in [2.45, 2.75) is 27.2 Å². The van der Waals surface area contributed by atoms with Crippen molar-refractivity contribution in [2.24, 2.45) is 5.92 Å². The molecular weight excluding hydrogens is 240 g/mol. The van der Waals surface area contributed by atoms with Crippen LogP contribution in [0.5, 0.6) is 0 Å². The summed E-state index contributed by atoms with van der Waals surface area (Å²) in [6, 6.07) is 0. The summed E-state index contributed by atoms with van der Waals surface area (Å²) in [5, 5.41) is 11.1. The average Bonchev–Trinajstić information content (AvgIpc) is 2.83. The highest BCUT2D eigenvalue weighted by Gasteiger charge is 2.13. The molecule has 0 atom stereocenters. The predicted molar refractivity (Wildman–Crippen MR) is 78.6 cm³/mol. The van der Waals surface area contributed by atoms with Crippen molar-refractivity contribution >= 4 is 22.8 Å². The highest BCUT2D eigenvalue weighted by molar-refractivity contribution is 5.87. The topological polar surface area (TPSA) is 69.7 Å². The van der Waals surface area contributed by atoms with Gasteiger partial charge in [-0.2, -0.15) is 15.1 Å². The number of rotatable bonds is 6. The van der Waals surface area contributed by atoms with Gasteiger partial charge in [-0.1, -0.05) is 13.8 Å². The zero-order valence-corrected chi connectivity index (χ0v) is 12.1. The van der Waals surface area contributed by atoms with Crippen LogP contribution in [0.1, 0.15) is 27.2 Å². The van der Waals surface area contributed by atoms with E-state index in [9.17, 15) is 0 Å². The van der Waals surface area contributed by atoms with Crippen molar-refractivity contribution in [1.29, 1.82) is 0 Å². The standard InChI is InChI=1S/C13H22N6/c1-5-14-13-16-11-10(8-15-18-11)12(17-13)19(4)7-6-9(2)3/h8-9H,5-7H2,1-4H3,(H2,14,15,16,17,18). The first-order valence-corrected chi connectivity index (χ1v) is 6.78. The van der Waals surface area contributed by atoms with Crippen LogP contribution in [0.15, 0.2) is 6.20 Å². The minimum absolute atomic E-state index is 0.644. The van der Waals surface area contributed by atoms with Gasteiger partial charge in [-0.05, 0) is 19.3 Å². The van der Waals surface area contributed by atoms with Gasteiger partial charge in [-0.15, -0.1) is 0 Å². The van der Waals surface area contributed by atoms with Gasteiger partial charge in [-0.3, -0.25) is 5.10 Å². The zero-order chi connectivity index (χ0) is 13.8. The van der Waals surface area contributed by atoms with E-state index in [2.05, 4.69) is 51.3 Å². The monoisotopic (exact) mass is 262 g/mol. The van der Waals surface area contributed by atoms with Gasteiger partial charge in [0.1, 0.15) is 5.82 Å². The third-order valence-corrected chi connectivity index (χ3v) is 3.03. The lowest BCUT2D eigenvalue weighted by atomic mass is 10.1. The second-order valence-electron chi connectivity index (χ2n) is 5.14. The molecule has 0 unspecified atom stereocenters. The van der Waals surface area contributed by atoms with Crippen LogP contribution < -0.4 is 10.2 Å². The normalized spacial score (nSPS) is 11.2. The average molecular weight is 262 g/mol. The highest BCUT2D eigenvalue weighted by atomic mass is 15.2. The first kappa shape index (κ1) is 13.6. The van der Waals surface area contributed by atoms with E-state index in [1.54, 1.807) is 6.20 Å². The summed E-state index contributed by atoms with van der Waals surface area (Å²) in [5.41, 5.74) is 0.775. The third kappa shape index (κ3) is 3.13. The molecule has 0 saturated heterocycles. The van der Waals surface area contributed by atoms with Crippen LogP contribution in [-0.4, -0.2) is 40.3 Å². The fourth-order valence-electron chi connectivity index (χ4n) is 1.91. The molecule has 0 fully saturated rings. The Hall–Kier alpha value is -1.85. The lowest BCUT2D eigenvalue weighted by molar-refractivity contribution is 0.584. The Kier molecular flexibility index (Phi) is 4.19. The first-order chi connectivity index (χ1) is 9.11. The number of nitrogens with one attached hydrogen (secondary N) is 2. The summed E-state index contributed by atoms with van der Waals surface area (Å²) in [5.74, 6) is 2.25. The molecule has 19 heavy (non-hydrogen) atoms. The second kappa shape index (κ2) is 5.86. The molecule has 0 saturated carbocycles. The minimum atomic E-state index is 0.644. The minimum Gasteiger partial charge on any atom is -0.359 e. The molecule has 0 aliphatic heterocycles. The maximum Gasteiger partial charge on any atom is 0.226 e. The summed E-state index contributed by atoms with van der Waals surface area (Å²) in [6.07, 6.45) is 2.92. The van der Waals surface area contributed by atoms with Crippen molar-refractivity contribution in [3.63, 3.8) is 0 Å². The number of aromatic nitrogens is 4. The number of fused-ring (bicyclic) bond motifs is 1. The Morgan fingerprint density at radius 3 is 2.84 bits per heavy atom. The van der Waals surface area contributed by atoms with E-state index in [1.807, 2.05) is 6.92 Å². The third-order valence-electron chi connectivity index (χ3n) is 3.03. The van der Waals surface area contributed by atoms with Crippen molar-refractivity contribution in [3.8, 4) is 0 Å². The zero-order valence-electron chi connectivity index (χ0n) is 12.1. The number of nitrogens with zero attached hydrogens (tertiary/aromatic N) is 4. The first-order valence-electron chi connectivity index (χ1n) is 6.78. The molecule has 104 valence electrons. The molecular formula is C13H22N6. The molecule has 0 radical (unpaired) electrons. The van der Waals surface area contributed by atoms with Crippen molar-refractivity contribution in [3.05, 3.63) is 6.20 Å². The van der Waals surface area contributed by atoms with E-state index in [1.165, 1.54) is 0 Å².